The van der Waals surface area contributed by atoms with Crippen molar-refractivity contribution in [3.8, 4) is 0 Å². The van der Waals surface area contributed by atoms with E-state index in [0.717, 1.165) is 0 Å². The van der Waals surface area contributed by atoms with E-state index >= 15 is 0 Å². The van der Waals surface area contributed by atoms with E-state index in [9.17, 15) is 0 Å². The van der Waals surface area contributed by atoms with Crippen molar-refractivity contribution < 1.29 is 0 Å². The fourth-order valence-electron chi connectivity index (χ4n) is 6.36. The monoisotopic (exact) mass is 547 g/mol. The molecular weight excluding hydrogens is 472 g/mol. The van der Waals surface area contributed by atoms with E-state index < -0.39 is 0 Å². The molecule has 0 saturated carbocycles. The molecular formula is C37H74N2. The van der Waals surface area contributed by atoms with Crippen LogP contribution >= 0.6 is 0 Å². The maximum absolute atomic E-state index is 2.70. The van der Waals surface area contributed by atoms with Crippen molar-refractivity contribution in [2.24, 2.45) is 0 Å². The highest BCUT2D eigenvalue weighted by atomic mass is 15.4. The molecule has 0 spiro atoms. The van der Waals surface area contributed by atoms with Crippen LogP contribution in [0.25, 0.3) is 0 Å². The van der Waals surface area contributed by atoms with Crippen LogP contribution in [0.2, 0.25) is 0 Å². The molecule has 2 heteroatoms. The highest BCUT2D eigenvalue weighted by Crippen LogP contribution is 2.24. The third-order valence-corrected chi connectivity index (χ3v) is 9.07. The molecule has 39 heavy (non-hydrogen) atoms. The van der Waals surface area contributed by atoms with Crippen LogP contribution in [0.3, 0.4) is 0 Å². The minimum atomic E-state index is 0.641. The van der Waals surface area contributed by atoms with Crippen molar-refractivity contribution in [2.75, 3.05) is 13.1 Å². The van der Waals surface area contributed by atoms with E-state index in [0.29, 0.717) is 6.17 Å². The van der Waals surface area contributed by atoms with Crippen LogP contribution in [-0.2, 0) is 0 Å². The van der Waals surface area contributed by atoms with Crippen molar-refractivity contribution in [1.29, 1.82) is 0 Å². The Labute approximate surface area is 248 Å². The molecule has 1 heterocycles. The average Bonchev–Trinajstić information content (AvgIpc) is 3.33. The fraction of sp³-hybridized carbons (Fsp3) is 0.946. The average molecular weight is 547 g/mol. The second-order valence-corrected chi connectivity index (χ2v) is 12.9. The van der Waals surface area contributed by atoms with Crippen LogP contribution in [-0.4, -0.2) is 29.1 Å². The second-order valence-electron chi connectivity index (χ2n) is 12.9. The van der Waals surface area contributed by atoms with Crippen LogP contribution in [0.1, 0.15) is 207 Å². The summed E-state index contributed by atoms with van der Waals surface area (Å²) < 4.78 is 0. The van der Waals surface area contributed by atoms with Crippen LogP contribution in [0, 0.1) is 0 Å². The Morgan fingerprint density at radius 3 is 0.923 bits per heavy atom. The molecule has 2 nitrogen and oxygen atoms in total. The van der Waals surface area contributed by atoms with Crippen LogP contribution in [0.5, 0.6) is 0 Å². The lowest BCUT2D eigenvalue weighted by Crippen LogP contribution is -2.39. The molecule has 0 aromatic carbocycles. The summed E-state index contributed by atoms with van der Waals surface area (Å²) in [6.45, 7) is 9.47. The van der Waals surface area contributed by atoms with E-state index in [4.69, 9.17) is 0 Å². The normalized spacial score (nSPS) is 15.2. The summed E-state index contributed by atoms with van der Waals surface area (Å²) in [7, 11) is 0. The quantitative estimate of drug-likeness (QED) is 0.0798. The van der Waals surface area contributed by atoms with Gasteiger partial charge in [-0.1, -0.05) is 181 Å². The molecule has 1 rings (SSSR count). The first-order valence-corrected chi connectivity index (χ1v) is 18.5. The van der Waals surface area contributed by atoms with Crippen molar-refractivity contribution in [2.45, 2.75) is 213 Å². The minimum absolute atomic E-state index is 0.641. The van der Waals surface area contributed by atoms with Crippen LogP contribution < -0.4 is 0 Å². The molecule has 0 aliphatic carbocycles. The van der Waals surface area contributed by atoms with Gasteiger partial charge in [-0.15, -0.1) is 0 Å². The highest BCUT2D eigenvalue weighted by molar-refractivity contribution is 4.97. The maximum Gasteiger partial charge on any atom is 0.101 e. The largest absolute Gasteiger partial charge is 0.356 e. The van der Waals surface area contributed by atoms with Gasteiger partial charge in [0.1, 0.15) is 6.17 Å². The smallest absolute Gasteiger partial charge is 0.101 e. The Morgan fingerprint density at radius 2 is 0.590 bits per heavy atom. The SMILES string of the molecule is CCCCCCCCCCCCCCCC1N(CCCCCC)C=CN1CCCCCCCCCCCCC. The van der Waals surface area contributed by atoms with Gasteiger partial charge in [-0.3, -0.25) is 0 Å². The number of rotatable bonds is 31. The molecule has 0 N–H and O–H groups in total. The van der Waals surface area contributed by atoms with Gasteiger partial charge in [0.05, 0.1) is 0 Å². The lowest BCUT2D eigenvalue weighted by molar-refractivity contribution is 0.135. The summed E-state index contributed by atoms with van der Waals surface area (Å²) >= 11 is 0. The Morgan fingerprint density at radius 1 is 0.333 bits per heavy atom. The Bertz CT molecular complexity index is 502. The van der Waals surface area contributed by atoms with E-state index in [-0.39, 0.29) is 0 Å². The maximum atomic E-state index is 2.70. The molecule has 232 valence electrons. The number of hydrogen-bond donors (Lipinski definition) is 0. The van der Waals surface area contributed by atoms with Gasteiger partial charge in [-0.2, -0.15) is 0 Å². The predicted octanol–water partition coefficient (Wildman–Crippen LogP) is 12.8. The van der Waals surface area contributed by atoms with Gasteiger partial charge in [-0.05, 0) is 25.7 Å². The zero-order valence-electron chi connectivity index (χ0n) is 27.5. The standard InChI is InChI=1S/C37H74N2/c1-4-7-10-13-15-17-19-20-21-23-25-27-29-32-37-38(33-30-12-9-6-3)35-36-39(37)34-31-28-26-24-22-18-16-14-11-8-5-2/h35-37H,4-34H2,1-3H3. The van der Waals surface area contributed by atoms with Gasteiger partial charge < -0.3 is 9.80 Å². The summed E-state index contributed by atoms with van der Waals surface area (Å²) in [6.07, 6.45) is 47.0. The summed E-state index contributed by atoms with van der Waals surface area (Å²) in [5.41, 5.74) is 0. The van der Waals surface area contributed by atoms with Gasteiger partial charge in [0.25, 0.3) is 0 Å². The molecule has 1 aliphatic heterocycles. The van der Waals surface area contributed by atoms with Gasteiger partial charge in [0.2, 0.25) is 0 Å². The second kappa shape index (κ2) is 28.9. The lowest BCUT2D eigenvalue weighted by Gasteiger charge is -2.33. The topological polar surface area (TPSA) is 6.48 Å². The fourth-order valence-corrected chi connectivity index (χ4v) is 6.36. The summed E-state index contributed by atoms with van der Waals surface area (Å²) in [5, 5.41) is 0. The van der Waals surface area contributed by atoms with Gasteiger partial charge in [0.15, 0.2) is 0 Å². The molecule has 0 aromatic rings. The van der Waals surface area contributed by atoms with Gasteiger partial charge in [-0.25, -0.2) is 0 Å². The zero-order chi connectivity index (χ0) is 28.1. The Kier molecular flexibility index (Phi) is 26.9. The minimum Gasteiger partial charge on any atom is -0.356 e. The Hall–Kier alpha value is -0.660. The molecule has 0 bridgehead atoms. The first-order chi connectivity index (χ1) is 19.3. The van der Waals surface area contributed by atoms with Crippen LogP contribution in [0.15, 0.2) is 12.4 Å². The summed E-state index contributed by atoms with van der Waals surface area (Å²) in [6, 6.07) is 0. The highest BCUT2D eigenvalue weighted by Gasteiger charge is 2.24. The molecule has 0 aromatic heterocycles. The first kappa shape index (κ1) is 36.4. The molecule has 0 radical (unpaired) electrons. The van der Waals surface area contributed by atoms with Crippen molar-refractivity contribution in [3.05, 3.63) is 12.4 Å². The zero-order valence-corrected chi connectivity index (χ0v) is 27.5. The van der Waals surface area contributed by atoms with Crippen molar-refractivity contribution >= 4 is 0 Å². The number of nitrogens with zero attached hydrogens (tertiary/aromatic N) is 2. The van der Waals surface area contributed by atoms with E-state index in [1.165, 1.54) is 199 Å². The molecule has 1 atom stereocenters. The van der Waals surface area contributed by atoms with Crippen molar-refractivity contribution in [1.82, 2.24) is 9.80 Å². The Balaban J connectivity index is 2.15. The van der Waals surface area contributed by atoms with Gasteiger partial charge >= 0.3 is 0 Å². The van der Waals surface area contributed by atoms with Crippen LogP contribution in [0.4, 0.5) is 0 Å². The first-order valence-electron chi connectivity index (χ1n) is 18.5. The molecule has 1 aliphatic rings. The molecule has 0 amide bonds. The molecule has 1 unspecified atom stereocenters. The van der Waals surface area contributed by atoms with E-state index in [2.05, 4.69) is 43.0 Å². The number of hydrogen-bond acceptors (Lipinski definition) is 2. The lowest BCUT2D eigenvalue weighted by atomic mass is 10.0. The summed E-state index contributed by atoms with van der Waals surface area (Å²) in [5.74, 6) is 0. The third kappa shape index (κ3) is 21.7. The molecule has 0 fully saturated rings. The number of unbranched alkanes of at least 4 members (excludes halogenated alkanes) is 25. The van der Waals surface area contributed by atoms with E-state index in [1.54, 1.807) is 0 Å². The van der Waals surface area contributed by atoms with Crippen molar-refractivity contribution in [3.63, 3.8) is 0 Å². The predicted molar refractivity (Wildman–Crippen MR) is 177 cm³/mol. The summed E-state index contributed by atoms with van der Waals surface area (Å²) in [4.78, 5) is 5.39. The van der Waals surface area contributed by atoms with E-state index in [1.807, 2.05) is 0 Å². The third-order valence-electron chi connectivity index (χ3n) is 9.07. The van der Waals surface area contributed by atoms with Gasteiger partial charge in [0, 0.05) is 25.5 Å². The molecule has 0 saturated heterocycles.